The van der Waals surface area contributed by atoms with Crippen LogP contribution in [-0.2, 0) is 12.2 Å². The normalized spacial score (nSPS) is 12.0. The second-order valence-corrected chi connectivity index (χ2v) is 7.28. The van der Waals surface area contributed by atoms with Crippen molar-refractivity contribution in [3.8, 4) is 5.75 Å². The lowest BCUT2D eigenvalue weighted by atomic mass is 10.0. The lowest BCUT2D eigenvalue weighted by Crippen LogP contribution is -2.12. The Labute approximate surface area is 130 Å². The topological polar surface area (TPSA) is 42.4 Å². The maximum Gasteiger partial charge on any atom is 0.140 e. The fraction of sp³-hybridized carbons (Fsp3) is 0.471. The van der Waals surface area contributed by atoms with E-state index < -0.39 is 5.60 Å². The zero-order valence-electron chi connectivity index (χ0n) is 13.3. The Hall–Kier alpha value is -1.39. The lowest BCUT2D eigenvalue weighted by Gasteiger charge is -2.14. The second-order valence-electron chi connectivity index (χ2n) is 6.16. The number of nitrogens with zero attached hydrogens (tertiary/aromatic N) is 1. The summed E-state index contributed by atoms with van der Waals surface area (Å²) in [4.78, 5) is 5.18. The van der Waals surface area contributed by atoms with Crippen LogP contribution in [0.2, 0.25) is 0 Å². The molecular weight excluding hydrogens is 282 g/mol. The van der Waals surface area contributed by atoms with Crippen molar-refractivity contribution in [1.29, 1.82) is 0 Å². The van der Waals surface area contributed by atoms with Gasteiger partial charge in [-0.15, -0.1) is 11.3 Å². The van der Waals surface area contributed by atoms with Gasteiger partial charge in [0.2, 0.25) is 0 Å². The molecule has 0 aliphatic heterocycles. The molecule has 0 amide bonds. The molecule has 0 aliphatic carbocycles. The van der Waals surface area contributed by atoms with E-state index in [0.717, 1.165) is 15.6 Å². The number of aryl methyl sites for hydroxylation is 1. The summed E-state index contributed by atoms with van der Waals surface area (Å²) < 4.78 is 5.96. The zero-order chi connectivity index (χ0) is 15.6. The molecule has 0 radical (unpaired) electrons. The third kappa shape index (κ3) is 4.05. The summed E-state index contributed by atoms with van der Waals surface area (Å²) in [5.41, 5.74) is 1.55. The van der Waals surface area contributed by atoms with E-state index in [0.29, 0.717) is 12.5 Å². The van der Waals surface area contributed by atoms with Crippen molar-refractivity contribution in [1.82, 2.24) is 4.98 Å². The first-order valence-corrected chi connectivity index (χ1v) is 8.00. The van der Waals surface area contributed by atoms with Crippen molar-refractivity contribution >= 4 is 11.3 Å². The van der Waals surface area contributed by atoms with Gasteiger partial charge in [0.05, 0.1) is 10.5 Å². The average molecular weight is 305 g/mol. The van der Waals surface area contributed by atoms with E-state index in [1.165, 1.54) is 22.5 Å². The van der Waals surface area contributed by atoms with Gasteiger partial charge in [0.1, 0.15) is 17.4 Å². The molecule has 1 heterocycles. The van der Waals surface area contributed by atoms with Gasteiger partial charge in [-0.1, -0.05) is 26.0 Å². The second kappa shape index (κ2) is 6.16. The van der Waals surface area contributed by atoms with Gasteiger partial charge in [-0.05, 0) is 43.9 Å². The summed E-state index contributed by atoms with van der Waals surface area (Å²) in [7, 11) is 0. The third-order valence-corrected chi connectivity index (χ3v) is 4.58. The number of hydrogen-bond acceptors (Lipinski definition) is 4. The first kappa shape index (κ1) is 16.0. The van der Waals surface area contributed by atoms with E-state index in [1.54, 1.807) is 20.0 Å². The molecule has 2 aromatic rings. The van der Waals surface area contributed by atoms with Gasteiger partial charge in [-0.25, -0.2) is 4.98 Å². The highest BCUT2D eigenvalue weighted by Gasteiger charge is 2.19. The van der Waals surface area contributed by atoms with Crippen LogP contribution >= 0.6 is 11.3 Å². The molecule has 0 spiro atoms. The standard InChI is InChI=1S/C17H23NO2S/c1-11(2)13-7-6-12(3)8-14(13)20-10-16-18-9-15(21-16)17(4,5)19/h6-9,11,19H,10H2,1-5H3. The smallest absolute Gasteiger partial charge is 0.140 e. The summed E-state index contributed by atoms with van der Waals surface area (Å²) in [5, 5.41) is 10.8. The first-order valence-electron chi connectivity index (χ1n) is 7.18. The van der Waals surface area contributed by atoms with Crippen molar-refractivity contribution < 1.29 is 9.84 Å². The van der Waals surface area contributed by atoms with Crippen molar-refractivity contribution in [2.24, 2.45) is 0 Å². The summed E-state index contributed by atoms with van der Waals surface area (Å²) in [6.45, 7) is 10.3. The molecule has 1 aromatic carbocycles. The highest BCUT2D eigenvalue weighted by Crippen LogP contribution is 2.30. The average Bonchev–Trinajstić information content (AvgIpc) is 2.84. The Morgan fingerprint density at radius 2 is 2.05 bits per heavy atom. The highest BCUT2D eigenvalue weighted by molar-refractivity contribution is 7.11. The van der Waals surface area contributed by atoms with E-state index in [-0.39, 0.29) is 0 Å². The van der Waals surface area contributed by atoms with E-state index in [4.69, 9.17) is 4.74 Å². The van der Waals surface area contributed by atoms with Gasteiger partial charge in [0, 0.05) is 6.20 Å². The maximum atomic E-state index is 9.97. The van der Waals surface area contributed by atoms with Crippen molar-refractivity contribution in [3.63, 3.8) is 0 Å². The van der Waals surface area contributed by atoms with E-state index in [9.17, 15) is 5.11 Å². The van der Waals surface area contributed by atoms with Crippen LogP contribution in [-0.4, -0.2) is 10.1 Å². The van der Waals surface area contributed by atoms with Gasteiger partial charge in [-0.3, -0.25) is 0 Å². The van der Waals surface area contributed by atoms with Gasteiger partial charge in [-0.2, -0.15) is 0 Å². The molecule has 4 heteroatoms. The van der Waals surface area contributed by atoms with Crippen LogP contribution in [0.25, 0.3) is 0 Å². The van der Waals surface area contributed by atoms with E-state index in [2.05, 4.69) is 44.0 Å². The van der Waals surface area contributed by atoms with Crippen LogP contribution in [0, 0.1) is 6.92 Å². The quantitative estimate of drug-likeness (QED) is 0.891. The minimum atomic E-state index is -0.845. The highest BCUT2D eigenvalue weighted by atomic mass is 32.1. The SMILES string of the molecule is Cc1ccc(C(C)C)c(OCc2ncc(C(C)(C)O)s2)c1. The Bertz CT molecular complexity index is 611. The number of rotatable bonds is 5. The van der Waals surface area contributed by atoms with E-state index in [1.807, 2.05) is 0 Å². The fourth-order valence-corrected chi connectivity index (χ4v) is 2.88. The van der Waals surface area contributed by atoms with Crippen LogP contribution in [0.4, 0.5) is 0 Å². The number of benzene rings is 1. The molecule has 1 aromatic heterocycles. The monoisotopic (exact) mass is 305 g/mol. The van der Waals surface area contributed by atoms with E-state index >= 15 is 0 Å². The Morgan fingerprint density at radius 3 is 2.62 bits per heavy atom. The number of aliphatic hydroxyl groups is 1. The predicted octanol–water partition coefficient (Wildman–Crippen LogP) is 4.38. The molecule has 2 rings (SSSR count). The Morgan fingerprint density at radius 1 is 1.33 bits per heavy atom. The van der Waals surface area contributed by atoms with Gasteiger partial charge in [0.25, 0.3) is 0 Å². The van der Waals surface area contributed by atoms with Crippen LogP contribution < -0.4 is 4.74 Å². The number of aromatic nitrogens is 1. The largest absolute Gasteiger partial charge is 0.486 e. The van der Waals surface area contributed by atoms with Crippen LogP contribution in [0.1, 0.15) is 54.6 Å². The molecule has 0 saturated heterocycles. The molecule has 1 N–H and O–H groups in total. The summed E-state index contributed by atoms with van der Waals surface area (Å²) in [5.74, 6) is 1.34. The Kier molecular flexibility index (Phi) is 4.69. The number of hydrogen-bond donors (Lipinski definition) is 1. The molecule has 0 fully saturated rings. The summed E-state index contributed by atoms with van der Waals surface area (Å²) in [6.07, 6.45) is 1.73. The minimum absolute atomic E-state index is 0.420. The molecule has 0 aliphatic rings. The van der Waals surface area contributed by atoms with Crippen LogP contribution in [0.3, 0.4) is 0 Å². The Balaban J connectivity index is 2.13. The van der Waals surface area contributed by atoms with Crippen LogP contribution in [0.15, 0.2) is 24.4 Å². The number of thiazole rings is 1. The summed E-state index contributed by atoms with van der Waals surface area (Å²) >= 11 is 1.49. The first-order chi connectivity index (χ1) is 9.77. The minimum Gasteiger partial charge on any atom is -0.486 e. The van der Waals surface area contributed by atoms with Crippen molar-refractivity contribution in [2.45, 2.75) is 52.7 Å². The van der Waals surface area contributed by atoms with Gasteiger partial charge < -0.3 is 9.84 Å². The van der Waals surface area contributed by atoms with Gasteiger partial charge >= 0.3 is 0 Å². The van der Waals surface area contributed by atoms with Crippen molar-refractivity contribution in [3.05, 3.63) is 45.4 Å². The molecular formula is C17H23NO2S. The molecule has 3 nitrogen and oxygen atoms in total. The zero-order valence-corrected chi connectivity index (χ0v) is 14.1. The fourth-order valence-electron chi connectivity index (χ4n) is 2.04. The van der Waals surface area contributed by atoms with Gasteiger partial charge in [0.15, 0.2) is 0 Å². The molecule has 0 unspecified atom stereocenters. The molecule has 0 atom stereocenters. The molecule has 21 heavy (non-hydrogen) atoms. The molecule has 0 saturated carbocycles. The lowest BCUT2D eigenvalue weighted by molar-refractivity contribution is 0.0823. The predicted molar refractivity (Wildman–Crippen MR) is 87.0 cm³/mol. The van der Waals surface area contributed by atoms with Crippen molar-refractivity contribution in [2.75, 3.05) is 0 Å². The summed E-state index contributed by atoms with van der Waals surface area (Å²) in [6, 6.07) is 6.30. The molecule has 114 valence electrons. The number of ether oxygens (including phenoxy) is 1. The van der Waals surface area contributed by atoms with Crippen LogP contribution in [0.5, 0.6) is 5.75 Å². The maximum absolute atomic E-state index is 9.97. The third-order valence-electron chi connectivity index (χ3n) is 3.30. The molecule has 0 bridgehead atoms.